The first-order chi connectivity index (χ1) is 15.3. The summed E-state index contributed by atoms with van der Waals surface area (Å²) < 4.78 is 11.9. The molecule has 4 nitrogen and oxygen atoms in total. The first-order valence-corrected chi connectivity index (χ1v) is 10.8. The Kier molecular flexibility index (Phi) is 7.37. The molecule has 0 radical (unpaired) electrons. The van der Waals surface area contributed by atoms with Gasteiger partial charge < -0.3 is 14.8 Å². The largest absolute Gasteiger partial charge is 0.488 e. The van der Waals surface area contributed by atoms with Gasteiger partial charge in [0.25, 0.3) is 0 Å². The molecule has 0 fully saturated rings. The minimum absolute atomic E-state index is 0.433. The number of aromatic nitrogens is 1. The van der Waals surface area contributed by atoms with E-state index in [1.165, 1.54) is 10.8 Å². The zero-order valence-electron chi connectivity index (χ0n) is 17.3. The van der Waals surface area contributed by atoms with E-state index in [1.807, 2.05) is 48.5 Å². The van der Waals surface area contributed by atoms with Crippen molar-refractivity contribution in [2.24, 2.45) is 0 Å². The Hall–Kier alpha value is -3.08. The normalized spacial score (nSPS) is 10.9. The molecule has 0 aliphatic heterocycles. The van der Waals surface area contributed by atoms with Crippen LogP contribution in [0.3, 0.4) is 0 Å². The molecule has 0 aliphatic rings. The summed E-state index contributed by atoms with van der Waals surface area (Å²) in [4.78, 5) is 4.17. The fourth-order valence-electron chi connectivity index (χ4n) is 3.42. The van der Waals surface area contributed by atoms with E-state index in [2.05, 4.69) is 40.6 Å². The lowest BCUT2D eigenvalue weighted by molar-refractivity contribution is 0.294. The molecule has 1 aromatic heterocycles. The van der Waals surface area contributed by atoms with Gasteiger partial charge in [-0.2, -0.15) is 0 Å². The second-order valence-corrected chi connectivity index (χ2v) is 7.60. The van der Waals surface area contributed by atoms with E-state index in [0.717, 1.165) is 34.9 Å². The van der Waals surface area contributed by atoms with Gasteiger partial charge in [-0.05, 0) is 41.9 Å². The van der Waals surface area contributed by atoms with Gasteiger partial charge in [0.15, 0.2) is 0 Å². The van der Waals surface area contributed by atoms with E-state index in [-0.39, 0.29) is 0 Å². The van der Waals surface area contributed by atoms with Crippen LogP contribution in [0.5, 0.6) is 11.6 Å². The van der Waals surface area contributed by atoms with E-state index in [1.54, 1.807) is 6.20 Å². The molecule has 0 saturated heterocycles. The van der Waals surface area contributed by atoms with Crippen molar-refractivity contribution in [3.05, 3.63) is 101 Å². The van der Waals surface area contributed by atoms with Gasteiger partial charge in [-0.3, -0.25) is 0 Å². The summed E-state index contributed by atoms with van der Waals surface area (Å²) in [5, 5.41) is 6.63. The number of benzene rings is 3. The Labute approximate surface area is 187 Å². The molecule has 0 aliphatic carbocycles. The smallest absolute Gasteiger partial charge is 0.213 e. The molecule has 0 bridgehead atoms. The van der Waals surface area contributed by atoms with Crippen LogP contribution in [-0.4, -0.2) is 18.1 Å². The summed E-state index contributed by atoms with van der Waals surface area (Å²) in [6.07, 6.45) is 2.62. The lowest BCUT2D eigenvalue weighted by atomic mass is 10.0. The number of fused-ring (bicyclic) bond motifs is 1. The molecule has 3 aromatic carbocycles. The van der Waals surface area contributed by atoms with E-state index in [9.17, 15) is 0 Å². The third-order valence-corrected chi connectivity index (χ3v) is 5.39. The van der Waals surface area contributed by atoms with Crippen LogP contribution in [0.1, 0.15) is 17.5 Å². The summed E-state index contributed by atoms with van der Waals surface area (Å²) in [5.41, 5.74) is 2.12. The highest BCUT2D eigenvalue weighted by molar-refractivity contribution is 6.31. The number of nitrogens with zero attached hydrogens (tertiary/aromatic N) is 1. The quantitative estimate of drug-likeness (QED) is 0.311. The number of halogens is 1. The van der Waals surface area contributed by atoms with Crippen LogP contribution in [0.25, 0.3) is 10.8 Å². The van der Waals surface area contributed by atoms with Gasteiger partial charge in [0.1, 0.15) is 12.4 Å². The minimum Gasteiger partial charge on any atom is -0.488 e. The van der Waals surface area contributed by atoms with Gasteiger partial charge >= 0.3 is 0 Å². The van der Waals surface area contributed by atoms with Crippen LogP contribution in [0.15, 0.2) is 85.1 Å². The molecule has 0 atom stereocenters. The van der Waals surface area contributed by atoms with Gasteiger partial charge in [0.2, 0.25) is 5.88 Å². The summed E-state index contributed by atoms with van der Waals surface area (Å²) in [5.74, 6) is 1.53. The van der Waals surface area contributed by atoms with E-state index in [0.29, 0.717) is 25.6 Å². The fraction of sp³-hybridized carbons (Fsp3) is 0.192. The van der Waals surface area contributed by atoms with Crippen LogP contribution in [0, 0.1) is 0 Å². The highest BCUT2D eigenvalue weighted by atomic mass is 35.5. The predicted molar refractivity (Wildman–Crippen MR) is 126 cm³/mol. The standard InChI is InChI=1S/C26H25ClN2O2/c27-24-11-4-2-9-21(24)19-31-25-14-13-20-8-1-3-10-22(20)23(25)18-28-15-7-17-30-26-12-5-6-16-29-26/h1-6,8-14,16,28H,7,15,17-19H2. The topological polar surface area (TPSA) is 43.4 Å². The molecule has 1 heterocycles. The molecular weight excluding hydrogens is 408 g/mol. The van der Waals surface area contributed by atoms with E-state index in [4.69, 9.17) is 21.1 Å². The molecule has 4 aromatic rings. The third-order valence-electron chi connectivity index (χ3n) is 5.03. The van der Waals surface area contributed by atoms with E-state index < -0.39 is 0 Å². The number of hydrogen-bond donors (Lipinski definition) is 1. The zero-order valence-corrected chi connectivity index (χ0v) is 18.0. The minimum atomic E-state index is 0.433. The number of nitrogens with one attached hydrogen (secondary N) is 1. The molecule has 0 amide bonds. The first-order valence-electron chi connectivity index (χ1n) is 10.4. The Morgan fingerprint density at radius 3 is 2.55 bits per heavy atom. The summed E-state index contributed by atoms with van der Waals surface area (Å²) in [6.45, 7) is 2.60. The number of hydrogen-bond acceptors (Lipinski definition) is 4. The summed E-state index contributed by atoms with van der Waals surface area (Å²) >= 11 is 6.29. The molecule has 1 N–H and O–H groups in total. The highest BCUT2D eigenvalue weighted by Crippen LogP contribution is 2.29. The van der Waals surface area contributed by atoms with Crippen LogP contribution in [-0.2, 0) is 13.2 Å². The van der Waals surface area contributed by atoms with Crippen molar-refractivity contribution >= 4 is 22.4 Å². The third kappa shape index (κ3) is 5.75. The molecular formula is C26H25ClN2O2. The fourth-order valence-corrected chi connectivity index (χ4v) is 3.61. The van der Waals surface area contributed by atoms with Crippen molar-refractivity contribution in [3.8, 4) is 11.6 Å². The van der Waals surface area contributed by atoms with Crippen molar-refractivity contribution in [1.82, 2.24) is 10.3 Å². The molecule has 0 unspecified atom stereocenters. The van der Waals surface area contributed by atoms with Gasteiger partial charge in [-0.15, -0.1) is 0 Å². The maximum atomic E-state index is 6.29. The Balaban J connectivity index is 1.39. The zero-order chi connectivity index (χ0) is 21.3. The van der Waals surface area contributed by atoms with Crippen molar-refractivity contribution < 1.29 is 9.47 Å². The Bertz CT molecular complexity index is 1120. The summed E-state index contributed by atoms with van der Waals surface area (Å²) in [7, 11) is 0. The molecule has 31 heavy (non-hydrogen) atoms. The van der Waals surface area contributed by atoms with Crippen molar-refractivity contribution in [3.63, 3.8) is 0 Å². The van der Waals surface area contributed by atoms with Crippen molar-refractivity contribution in [2.45, 2.75) is 19.6 Å². The van der Waals surface area contributed by atoms with Gasteiger partial charge in [0, 0.05) is 35.0 Å². The van der Waals surface area contributed by atoms with Crippen LogP contribution >= 0.6 is 11.6 Å². The van der Waals surface area contributed by atoms with Crippen LogP contribution in [0.2, 0.25) is 5.02 Å². The monoisotopic (exact) mass is 432 g/mol. The molecule has 0 saturated carbocycles. The predicted octanol–water partition coefficient (Wildman–Crippen LogP) is 6.03. The lowest BCUT2D eigenvalue weighted by Gasteiger charge is -2.16. The van der Waals surface area contributed by atoms with Gasteiger partial charge in [0.05, 0.1) is 6.61 Å². The molecule has 0 spiro atoms. The Morgan fingerprint density at radius 2 is 1.68 bits per heavy atom. The summed E-state index contributed by atoms with van der Waals surface area (Å²) in [6, 6.07) is 26.0. The van der Waals surface area contributed by atoms with Crippen molar-refractivity contribution in [2.75, 3.05) is 13.2 Å². The Morgan fingerprint density at radius 1 is 0.839 bits per heavy atom. The van der Waals surface area contributed by atoms with Gasteiger partial charge in [-0.25, -0.2) is 4.98 Å². The van der Waals surface area contributed by atoms with Gasteiger partial charge in [-0.1, -0.05) is 66.2 Å². The average Bonchev–Trinajstić information content (AvgIpc) is 2.82. The molecule has 158 valence electrons. The number of ether oxygens (including phenoxy) is 2. The maximum absolute atomic E-state index is 6.29. The van der Waals surface area contributed by atoms with Crippen LogP contribution in [0.4, 0.5) is 0 Å². The first kappa shape index (κ1) is 21.2. The van der Waals surface area contributed by atoms with Crippen LogP contribution < -0.4 is 14.8 Å². The number of rotatable bonds is 10. The second-order valence-electron chi connectivity index (χ2n) is 7.19. The molecule has 4 rings (SSSR count). The highest BCUT2D eigenvalue weighted by Gasteiger charge is 2.10. The van der Waals surface area contributed by atoms with Crippen molar-refractivity contribution in [1.29, 1.82) is 0 Å². The maximum Gasteiger partial charge on any atom is 0.213 e. The SMILES string of the molecule is Clc1ccccc1COc1ccc2ccccc2c1CNCCCOc1ccccn1. The second kappa shape index (κ2) is 10.8. The lowest BCUT2D eigenvalue weighted by Crippen LogP contribution is -2.18. The number of pyridine rings is 1. The average molecular weight is 433 g/mol. The van der Waals surface area contributed by atoms with E-state index >= 15 is 0 Å². The molecule has 5 heteroatoms.